The maximum atomic E-state index is 14.4. The topological polar surface area (TPSA) is 184 Å². The number of nitrogens with zero attached hydrogens (tertiary/aromatic N) is 1. The molecule has 4 fully saturated rings. The van der Waals surface area contributed by atoms with Gasteiger partial charge in [-0.15, -0.1) is 0 Å². The molecule has 14 heteroatoms. The summed E-state index contributed by atoms with van der Waals surface area (Å²) in [6, 6.07) is -1.12. The summed E-state index contributed by atoms with van der Waals surface area (Å²) in [5.41, 5.74) is 1.57. The lowest BCUT2D eigenvalue weighted by Gasteiger charge is -2.42. The highest BCUT2D eigenvalue weighted by Gasteiger charge is 2.53. The van der Waals surface area contributed by atoms with Crippen LogP contribution in [0.3, 0.4) is 0 Å². The van der Waals surface area contributed by atoms with Crippen LogP contribution in [0, 0.1) is 29.6 Å². The number of hydrogen-bond acceptors (Lipinski definition) is 13. The van der Waals surface area contributed by atoms with Crippen LogP contribution in [0.2, 0.25) is 0 Å². The lowest BCUT2D eigenvalue weighted by molar-refractivity contribution is -0.265. The maximum absolute atomic E-state index is 14.4. The summed E-state index contributed by atoms with van der Waals surface area (Å²) in [6.07, 6.45) is 11.9. The number of carbonyl (C=O) groups excluding carboxylic acids is 5. The minimum atomic E-state index is -2.41. The Bertz CT molecular complexity index is 1770. The van der Waals surface area contributed by atoms with Crippen LogP contribution >= 0.6 is 0 Å². The van der Waals surface area contributed by atoms with Crippen molar-refractivity contribution in [2.45, 2.75) is 179 Å². The molecule has 1 aliphatic carbocycles. The first kappa shape index (κ1) is 51.6. The second-order valence-corrected chi connectivity index (χ2v) is 19.3. The number of amides is 1. The summed E-state index contributed by atoms with van der Waals surface area (Å²) >= 11 is 0. The van der Waals surface area contributed by atoms with Crippen molar-refractivity contribution in [2.75, 3.05) is 27.9 Å². The Hall–Kier alpha value is -3.37. The van der Waals surface area contributed by atoms with E-state index >= 15 is 0 Å². The highest BCUT2D eigenvalue weighted by Crippen LogP contribution is 2.38. The van der Waals surface area contributed by atoms with E-state index < -0.39 is 84.1 Å². The highest BCUT2D eigenvalue weighted by atomic mass is 16.6. The Balaban J connectivity index is 1.47. The molecule has 0 spiro atoms. The molecule has 5 aliphatic rings. The predicted molar refractivity (Wildman–Crippen MR) is 239 cm³/mol. The number of cyclic esters (lactones) is 1. The zero-order valence-corrected chi connectivity index (χ0v) is 39.6. The normalized spacial score (nSPS) is 41.3. The lowest BCUT2D eigenvalue weighted by Crippen LogP contribution is -2.61. The van der Waals surface area contributed by atoms with E-state index in [1.807, 2.05) is 58.1 Å². The molecule has 1 amide bonds. The lowest BCUT2D eigenvalue weighted by atomic mass is 9.78. The number of aliphatic hydroxyl groups is 2. The van der Waals surface area contributed by atoms with E-state index in [4.69, 9.17) is 28.4 Å². The SMILES string of the molecule is COC1CC(C[C@@H](C)[C@@H]2CC(=O)[C@H](C)/C=C(\C)[C@H]3OC(C[C@H](C)/C=C/C=C/C=C(\C)[C@@H](OC)C[C@@H]4CCC(C)C(O)(O4)C(=O)C(=O)N4CCCCC4C(=O)O2)C(=O)C3OC)CC[C@H]1O. The monoisotopic (exact) mass is 898 g/mol. The van der Waals surface area contributed by atoms with Crippen molar-refractivity contribution in [1.82, 2.24) is 4.90 Å². The van der Waals surface area contributed by atoms with Gasteiger partial charge in [-0.2, -0.15) is 0 Å². The summed E-state index contributed by atoms with van der Waals surface area (Å²) < 4.78 is 35.9. The van der Waals surface area contributed by atoms with Gasteiger partial charge in [-0.25, -0.2) is 4.79 Å². The fourth-order valence-electron chi connectivity index (χ4n) is 10.3. The first-order chi connectivity index (χ1) is 30.4. The first-order valence-electron chi connectivity index (χ1n) is 23.6. The summed E-state index contributed by atoms with van der Waals surface area (Å²) in [4.78, 5) is 71.7. The van der Waals surface area contributed by atoms with Crippen LogP contribution in [0.1, 0.15) is 119 Å². The minimum Gasteiger partial charge on any atom is -0.460 e. The number of fused-ring (bicyclic) bond motifs is 5. The summed E-state index contributed by atoms with van der Waals surface area (Å²) in [7, 11) is 4.64. The molecule has 0 aromatic rings. The molecule has 0 radical (unpaired) electrons. The number of methoxy groups -OCH3 is 3. The third kappa shape index (κ3) is 12.5. The van der Waals surface area contributed by atoms with Crippen molar-refractivity contribution in [2.24, 2.45) is 29.6 Å². The van der Waals surface area contributed by atoms with Gasteiger partial charge >= 0.3 is 5.97 Å². The molecule has 7 unspecified atom stereocenters. The van der Waals surface area contributed by atoms with E-state index in [1.54, 1.807) is 34.1 Å². The average Bonchev–Trinajstić information content (AvgIpc) is 3.59. The number of carbonyl (C=O) groups is 5. The number of allylic oxidation sites excluding steroid dienone is 6. The zero-order chi connectivity index (χ0) is 46.9. The van der Waals surface area contributed by atoms with Crippen molar-refractivity contribution in [3.8, 4) is 0 Å². The third-order valence-corrected chi connectivity index (χ3v) is 14.5. The molecule has 1 saturated carbocycles. The van der Waals surface area contributed by atoms with E-state index in [1.165, 1.54) is 12.0 Å². The van der Waals surface area contributed by atoms with Crippen molar-refractivity contribution in [3.05, 3.63) is 47.6 Å². The van der Waals surface area contributed by atoms with Crippen molar-refractivity contribution < 1.29 is 62.6 Å². The van der Waals surface area contributed by atoms with Gasteiger partial charge in [0.25, 0.3) is 11.7 Å². The molecular formula is C50H75NO13. The molecular weight excluding hydrogens is 823 g/mol. The van der Waals surface area contributed by atoms with Gasteiger partial charge in [0.05, 0.1) is 24.4 Å². The Labute approximate surface area is 380 Å². The summed E-state index contributed by atoms with van der Waals surface area (Å²) in [6.45, 7) is 11.2. The molecule has 64 heavy (non-hydrogen) atoms. The van der Waals surface area contributed by atoms with E-state index in [2.05, 4.69) is 0 Å². The van der Waals surface area contributed by atoms with Gasteiger partial charge < -0.3 is 43.5 Å². The van der Waals surface area contributed by atoms with E-state index in [-0.39, 0.29) is 54.8 Å². The van der Waals surface area contributed by atoms with Crippen LogP contribution in [-0.2, 0) is 52.4 Å². The third-order valence-electron chi connectivity index (χ3n) is 14.5. The largest absolute Gasteiger partial charge is 0.460 e. The van der Waals surface area contributed by atoms with E-state index in [0.29, 0.717) is 63.4 Å². The summed E-state index contributed by atoms with van der Waals surface area (Å²) in [5.74, 6) is -7.13. The van der Waals surface area contributed by atoms with Gasteiger partial charge in [-0.3, -0.25) is 19.2 Å². The van der Waals surface area contributed by atoms with Crippen molar-refractivity contribution in [1.29, 1.82) is 0 Å². The zero-order valence-electron chi connectivity index (χ0n) is 39.6. The van der Waals surface area contributed by atoms with Crippen molar-refractivity contribution >= 4 is 29.2 Å². The number of piperidine rings is 1. The Morgan fingerprint density at radius 1 is 0.875 bits per heavy atom. The number of Topliss-reactive ketones (excluding diaryl/α,β-unsaturated/α-hetero) is 3. The first-order valence-corrected chi connectivity index (χ1v) is 23.6. The van der Waals surface area contributed by atoms with Gasteiger partial charge in [0.15, 0.2) is 5.78 Å². The van der Waals surface area contributed by atoms with Crippen LogP contribution in [-0.4, -0.2) is 133 Å². The summed E-state index contributed by atoms with van der Waals surface area (Å²) in [5, 5.41) is 22.4. The minimum absolute atomic E-state index is 0.0103. The number of esters is 1. The molecule has 4 bridgehead atoms. The quantitative estimate of drug-likeness (QED) is 0.181. The van der Waals surface area contributed by atoms with Crippen molar-refractivity contribution in [3.63, 3.8) is 0 Å². The van der Waals surface area contributed by atoms with Crippen LogP contribution < -0.4 is 0 Å². The molecule has 2 N–H and O–H groups in total. The fourth-order valence-corrected chi connectivity index (χ4v) is 10.3. The predicted octanol–water partition coefficient (Wildman–Crippen LogP) is 5.95. The molecule has 4 heterocycles. The average molecular weight is 898 g/mol. The number of aliphatic hydroxyl groups excluding tert-OH is 1. The maximum Gasteiger partial charge on any atom is 0.329 e. The van der Waals surface area contributed by atoms with Gasteiger partial charge in [-0.1, -0.05) is 64.2 Å². The second-order valence-electron chi connectivity index (χ2n) is 19.3. The van der Waals surface area contributed by atoms with Crippen LogP contribution in [0.25, 0.3) is 0 Å². The van der Waals surface area contributed by atoms with Gasteiger partial charge in [0.2, 0.25) is 5.79 Å². The fraction of sp³-hybridized carbons (Fsp3) is 0.740. The van der Waals surface area contributed by atoms with E-state index in [9.17, 15) is 34.2 Å². The molecule has 3 saturated heterocycles. The second kappa shape index (κ2) is 23.4. The number of ether oxygens (including phenoxy) is 6. The highest BCUT2D eigenvalue weighted by molar-refractivity contribution is 6.39. The smallest absolute Gasteiger partial charge is 0.329 e. The Morgan fingerprint density at radius 3 is 2.33 bits per heavy atom. The van der Waals surface area contributed by atoms with E-state index in [0.717, 1.165) is 12.0 Å². The van der Waals surface area contributed by atoms with Gasteiger partial charge in [0.1, 0.15) is 36.2 Å². The van der Waals surface area contributed by atoms with Gasteiger partial charge in [0, 0.05) is 52.6 Å². The molecule has 0 aromatic carbocycles. The number of ketones is 3. The van der Waals surface area contributed by atoms with Crippen LogP contribution in [0.4, 0.5) is 0 Å². The Kier molecular flexibility index (Phi) is 18.9. The number of hydrogen-bond donors (Lipinski definition) is 2. The number of rotatable bonds is 6. The molecule has 14 nitrogen and oxygen atoms in total. The molecule has 15 atom stereocenters. The van der Waals surface area contributed by atoms with Crippen LogP contribution in [0.15, 0.2) is 47.6 Å². The molecule has 4 aliphatic heterocycles. The van der Waals surface area contributed by atoms with Crippen LogP contribution in [0.5, 0.6) is 0 Å². The molecule has 5 rings (SSSR count). The molecule has 0 aromatic heterocycles. The standard InChI is InChI=1S/C50H75NO13/c1-29-15-11-10-12-16-30(2)40(59-7)27-36-20-18-34(6)50(58,64-36)47(55)48(56)51-22-14-13-17-37(51)49(57)63-41(32(4)25-35-19-21-38(52)42(26-35)60-8)28-39(53)31(3)24-33(5)45-46(61-9)44(54)43(23-29)62-45/h10-12,15-16,24,29,31-32,34-38,40-43,45-46,52,58H,13-14,17-23,25-28H2,1-9H3/b12-10+,15-11+,30-16+,33-24+/t29-,31-,32-,34?,35?,36+,37?,38-,40+,41+,42?,43?,45-,46?,50?/m1/s1. The Morgan fingerprint density at radius 2 is 1.62 bits per heavy atom. The van der Waals surface area contributed by atoms with Gasteiger partial charge in [-0.05, 0) is 107 Å². The molecule has 358 valence electrons.